The van der Waals surface area contributed by atoms with Crippen molar-refractivity contribution in [1.82, 2.24) is 19.8 Å². The molecule has 3 heterocycles. The van der Waals surface area contributed by atoms with Crippen LogP contribution < -0.4 is 21.5 Å². The van der Waals surface area contributed by atoms with Gasteiger partial charge >= 0.3 is 0 Å². The maximum absolute atomic E-state index is 6.35. The number of nitrogens with zero attached hydrogens (tertiary/aromatic N) is 6. The highest BCUT2D eigenvalue weighted by Crippen LogP contribution is 2.21. The van der Waals surface area contributed by atoms with Crippen molar-refractivity contribution in [1.29, 1.82) is 0 Å². The van der Waals surface area contributed by atoms with E-state index in [-0.39, 0.29) is 11.7 Å². The van der Waals surface area contributed by atoms with E-state index >= 15 is 0 Å². The number of piperazine rings is 1. The minimum atomic E-state index is 0.170. The Morgan fingerprint density at radius 1 is 1.16 bits per heavy atom. The van der Waals surface area contributed by atoms with Crippen molar-refractivity contribution in [2.24, 2.45) is 21.5 Å². The molecular formula is C22H31N9O. The molecule has 0 atom stereocenters. The molecule has 170 valence electrons. The van der Waals surface area contributed by atoms with E-state index in [1.54, 1.807) is 26.3 Å². The highest BCUT2D eigenvalue weighted by Gasteiger charge is 2.16. The predicted octanol–water partition coefficient (Wildman–Crippen LogP) is 1.53. The summed E-state index contributed by atoms with van der Waals surface area (Å²) < 4.78 is 5.12. The Bertz CT molecular complexity index is 993. The molecule has 0 radical (unpaired) electrons. The largest absolute Gasteiger partial charge is 0.481 e. The topological polar surface area (TPSA) is 130 Å². The molecule has 0 aliphatic carbocycles. The first-order valence-electron chi connectivity index (χ1n) is 10.3. The standard InChI is InChI=1S/C22H31N9O/c1-15(23)27-16(2)28-21(24)19-11-17(14-31-9-7-30(3)8-10-31)12-26-22(19)29-18-5-6-20(32-4)25-13-18/h5-6,11-13H,1,7-10,14,23H2,2-4H3,(H,26,29)(H2,24,27,28). The van der Waals surface area contributed by atoms with Crippen molar-refractivity contribution in [2.45, 2.75) is 13.5 Å². The van der Waals surface area contributed by atoms with Crippen molar-refractivity contribution in [3.63, 3.8) is 0 Å². The van der Waals surface area contributed by atoms with Gasteiger partial charge < -0.3 is 26.4 Å². The third-order valence-electron chi connectivity index (χ3n) is 5.02. The van der Waals surface area contributed by atoms with Crippen molar-refractivity contribution in [2.75, 3.05) is 45.7 Å². The zero-order valence-electron chi connectivity index (χ0n) is 18.9. The van der Waals surface area contributed by atoms with Crippen LogP contribution in [0.1, 0.15) is 18.1 Å². The summed E-state index contributed by atoms with van der Waals surface area (Å²) in [6.45, 7) is 10.2. The SMILES string of the molecule is C=C(N)/N=C(C)\N=C(/N)c1cc(CN2CCN(C)CC2)cnc1Nc1ccc(OC)nc1. The summed E-state index contributed by atoms with van der Waals surface area (Å²) in [5.41, 5.74) is 14.4. The first-order chi connectivity index (χ1) is 15.3. The fraction of sp³-hybridized carbons (Fsp3) is 0.364. The zero-order valence-corrected chi connectivity index (χ0v) is 18.9. The van der Waals surface area contributed by atoms with E-state index < -0.39 is 0 Å². The van der Waals surface area contributed by atoms with E-state index in [1.807, 2.05) is 18.3 Å². The van der Waals surface area contributed by atoms with Crippen LogP contribution in [0.4, 0.5) is 11.5 Å². The zero-order chi connectivity index (χ0) is 23.1. The summed E-state index contributed by atoms with van der Waals surface area (Å²) in [6, 6.07) is 5.63. The van der Waals surface area contributed by atoms with E-state index in [9.17, 15) is 0 Å². The molecule has 1 saturated heterocycles. The Kier molecular flexibility index (Phi) is 7.74. The van der Waals surface area contributed by atoms with Gasteiger partial charge in [0.15, 0.2) is 0 Å². The van der Waals surface area contributed by atoms with Gasteiger partial charge in [-0.05, 0) is 31.7 Å². The Morgan fingerprint density at radius 2 is 1.91 bits per heavy atom. The van der Waals surface area contributed by atoms with E-state index in [1.165, 1.54) is 0 Å². The maximum atomic E-state index is 6.35. The summed E-state index contributed by atoms with van der Waals surface area (Å²) in [7, 11) is 3.72. The molecule has 0 amide bonds. The Labute approximate surface area is 188 Å². The second kappa shape index (κ2) is 10.7. The molecule has 0 aromatic carbocycles. The van der Waals surface area contributed by atoms with Crippen LogP contribution >= 0.6 is 0 Å². The number of methoxy groups -OCH3 is 1. The van der Waals surface area contributed by atoms with Gasteiger partial charge in [-0.15, -0.1) is 0 Å². The first-order valence-corrected chi connectivity index (χ1v) is 10.3. The number of anilines is 2. The van der Waals surface area contributed by atoms with E-state index in [4.69, 9.17) is 16.2 Å². The predicted molar refractivity (Wildman–Crippen MR) is 128 cm³/mol. The first kappa shape index (κ1) is 23.2. The lowest BCUT2D eigenvalue weighted by molar-refractivity contribution is 0.148. The Morgan fingerprint density at radius 3 is 2.53 bits per heavy atom. The molecule has 0 saturated carbocycles. The van der Waals surface area contributed by atoms with Crippen LogP contribution in [-0.4, -0.2) is 71.8 Å². The van der Waals surface area contributed by atoms with Gasteiger partial charge in [-0.25, -0.2) is 20.0 Å². The quantitative estimate of drug-likeness (QED) is 0.439. The van der Waals surface area contributed by atoms with Crippen LogP contribution in [0.15, 0.2) is 53.0 Å². The molecule has 2 aromatic rings. The average Bonchev–Trinajstić information content (AvgIpc) is 2.76. The minimum Gasteiger partial charge on any atom is -0.481 e. The van der Waals surface area contributed by atoms with Crippen molar-refractivity contribution in [3.8, 4) is 5.88 Å². The Hall–Kier alpha value is -3.50. The fourth-order valence-electron chi connectivity index (χ4n) is 3.33. The summed E-state index contributed by atoms with van der Waals surface area (Å²) in [5, 5.41) is 3.26. The van der Waals surface area contributed by atoms with Gasteiger partial charge in [0.2, 0.25) is 5.88 Å². The Balaban J connectivity index is 1.90. The van der Waals surface area contributed by atoms with Gasteiger partial charge in [-0.1, -0.05) is 6.58 Å². The number of hydrogen-bond donors (Lipinski definition) is 3. The lowest BCUT2D eigenvalue weighted by Gasteiger charge is -2.32. The molecule has 1 aliphatic heterocycles. The second-order valence-corrected chi connectivity index (χ2v) is 7.68. The highest BCUT2D eigenvalue weighted by molar-refractivity contribution is 6.08. The molecule has 5 N–H and O–H groups in total. The number of aromatic nitrogens is 2. The normalized spacial score (nSPS) is 16.1. The van der Waals surface area contributed by atoms with Crippen molar-refractivity contribution in [3.05, 3.63) is 54.1 Å². The van der Waals surface area contributed by atoms with Gasteiger partial charge in [0, 0.05) is 45.0 Å². The van der Waals surface area contributed by atoms with Gasteiger partial charge in [-0.3, -0.25) is 4.90 Å². The van der Waals surface area contributed by atoms with E-state index in [2.05, 4.69) is 48.7 Å². The summed E-state index contributed by atoms with van der Waals surface area (Å²) in [4.78, 5) is 22.0. The summed E-state index contributed by atoms with van der Waals surface area (Å²) in [6.07, 6.45) is 3.53. The number of amidine groups is 2. The lowest BCUT2D eigenvalue weighted by atomic mass is 10.1. The fourth-order valence-corrected chi connectivity index (χ4v) is 3.33. The molecular weight excluding hydrogens is 406 g/mol. The molecule has 0 unspecified atom stereocenters. The molecule has 1 fully saturated rings. The highest BCUT2D eigenvalue weighted by atomic mass is 16.5. The molecule has 10 heteroatoms. The van der Waals surface area contributed by atoms with Crippen LogP contribution in [0.2, 0.25) is 0 Å². The molecule has 10 nitrogen and oxygen atoms in total. The lowest BCUT2D eigenvalue weighted by Crippen LogP contribution is -2.43. The van der Waals surface area contributed by atoms with Crippen molar-refractivity contribution < 1.29 is 4.74 Å². The van der Waals surface area contributed by atoms with Crippen LogP contribution in [-0.2, 0) is 6.54 Å². The molecule has 3 rings (SSSR count). The van der Waals surface area contributed by atoms with Crippen LogP contribution in [0.5, 0.6) is 5.88 Å². The van der Waals surface area contributed by atoms with Gasteiger partial charge in [0.1, 0.15) is 23.3 Å². The molecule has 32 heavy (non-hydrogen) atoms. The van der Waals surface area contributed by atoms with Gasteiger partial charge in [-0.2, -0.15) is 0 Å². The maximum Gasteiger partial charge on any atom is 0.213 e. The minimum absolute atomic E-state index is 0.170. The summed E-state index contributed by atoms with van der Waals surface area (Å²) >= 11 is 0. The number of likely N-dealkylation sites (N-methyl/N-ethyl adjacent to an activating group) is 1. The molecule has 2 aromatic heterocycles. The monoisotopic (exact) mass is 437 g/mol. The number of nitrogens with one attached hydrogen (secondary N) is 1. The molecule has 1 aliphatic rings. The van der Waals surface area contributed by atoms with Crippen LogP contribution in [0.25, 0.3) is 0 Å². The molecule has 0 bridgehead atoms. The summed E-state index contributed by atoms with van der Waals surface area (Å²) in [5.74, 6) is 1.96. The van der Waals surface area contributed by atoms with Gasteiger partial charge in [0.05, 0.1) is 24.6 Å². The number of aliphatic imine (C=N–C) groups is 2. The third kappa shape index (κ3) is 6.50. The smallest absolute Gasteiger partial charge is 0.213 e. The van der Waals surface area contributed by atoms with Crippen LogP contribution in [0.3, 0.4) is 0 Å². The number of nitrogens with two attached hydrogens (primary N) is 2. The van der Waals surface area contributed by atoms with Gasteiger partial charge in [0.25, 0.3) is 0 Å². The van der Waals surface area contributed by atoms with E-state index in [0.717, 1.165) is 44.0 Å². The average molecular weight is 438 g/mol. The molecule has 0 spiro atoms. The second-order valence-electron chi connectivity index (χ2n) is 7.68. The third-order valence-corrected chi connectivity index (χ3v) is 5.02. The number of hydrogen-bond acceptors (Lipinski definition) is 8. The van der Waals surface area contributed by atoms with Crippen LogP contribution in [0, 0.1) is 0 Å². The number of pyridine rings is 2. The van der Waals surface area contributed by atoms with Crippen molar-refractivity contribution >= 4 is 23.2 Å². The van der Waals surface area contributed by atoms with E-state index in [0.29, 0.717) is 23.1 Å². The number of ether oxygens (including phenoxy) is 1. The number of rotatable bonds is 7.